The highest BCUT2D eigenvalue weighted by Gasteiger charge is 1.99. The SMILES string of the molecule is N[SH](=O)=O.c1ccc(Cc2cccc(-c3ccccc3)c2)cc1. The van der Waals surface area contributed by atoms with E-state index in [1.807, 2.05) is 0 Å². The van der Waals surface area contributed by atoms with Crippen molar-refractivity contribution in [3.8, 4) is 11.1 Å². The minimum absolute atomic E-state index is 0.988. The molecule has 0 aromatic heterocycles. The maximum atomic E-state index is 8.81. The van der Waals surface area contributed by atoms with E-state index in [4.69, 9.17) is 8.42 Å². The molecule has 3 rings (SSSR count). The highest BCUT2D eigenvalue weighted by Crippen LogP contribution is 2.21. The first-order chi connectivity index (χ1) is 11.1. The second kappa shape index (κ2) is 8.88. The highest BCUT2D eigenvalue weighted by atomic mass is 32.2. The van der Waals surface area contributed by atoms with Gasteiger partial charge in [0, 0.05) is 0 Å². The van der Waals surface area contributed by atoms with Gasteiger partial charge in [-0.1, -0.05) is 84.9 Å². The fraction of sp³-hybridized carbons (Fsp3) is 0.0526. The summed E-state index contributed by atoms with van der Waals surface area (Å²) < 4.78 is 17.6. The van der Waals surface area contributed by atoms with E-state index in [0.717, 1.165) is 6.42 Å². The van der Waals surface area contributed by atoms with Crippen molar-refractivity contribution in [2.45, 2.75) is 6.42 Å². The lowest BCUT2D eigenvalue weighted by atomic mass is 9.99. The van der Waals surface area contributed by atoms with Gasteiger partial charge in [-0.15, -0.1) is 0 Å². The van der Waals surface area contributed by atoms with E-state index in [1.165, 1.54) is 22.3 Å². The fourth-order valence-electron chi connectivity index (χ4n) is 2.32. The van der Waals surface area contributed by atoms with Gasteiger partial charge in [-0.25, -0.2) is 13.6 Å². The molecular weight excluding hydrogens is 306 g/mol. The number of benzene rings is 3. The van der Waals surface area contributed by atoms with E-state index in [0.29, 0.717) is 0 Å². The van der Waals surface area contributed by atoms with E-state index in [9.17, 15) is 0 Å². The van der Waals surface area contributed by atoms with Crippen molar-refractivity contribution in [3.63, 3.8) is 0 Å². The Morgan fingerprint density at radius 3 is 1.74 bits per heavy atom. The monoisotopic (exact) mass is 325 g/mol. The van der Waals surface area contributed by atoms with Crippen molar-refractivity contribution in [1.82, 2.24) is 0 Å². The third-order valence-electron chi connectivity index (χ3n) is 3.29. The molecule has 23 heavy (non-hydrogen) atoms. The van der Waals surface area contributed by atoms with Gasteiger partial charge in [-0.2, -0.15) is 0 Å². The third-order valence-corrected chi connectivity index (χ3v) is 3.29. The molecule has 2 N–H and O–H groups in total. The molecular formula is C19H19NO2S. The summed E-state index contributed by atoms with van der Waals surface area (Å²) in [5.74, 6) is 0. The molecule has 3 aromatic carbocycles. The molecule has 0 aliphatic rings. The van der Waals surface area contributed by atoms with E-state index in [1.54, 1.807) is 0 Å². The second-order valence-corrected chi connectivity index (χ2v) is 5.58. The van der Waals surface area contributed by atoms with E-state index in [-0.39, 0.29) is 0 Å². The van der Waals surface area contributed by atoms with Crippen molar-refractivity contribution < 1.29 is 8.42 Å². The summed E-state index contributed by atoms with van der Waals surface area (Å²) >= 11 is 0. The quantitative estimate of drug-likeness (QED) is 0.725. The summed E-state index contributed by atoms with van der Waals surface area (Å²) in [6.45, 7) is 0. The van der Waals surface area contributed by atoms with Crippen LogP contribution in [0.3, 0.4) is 0 Å². The molecule has 118 valence electrons. The second-order valence-electron chi connectivity index (χ2n) is 5.01. The number of thiol groups is 1. The van der Waals surface area contributed by atoms with Gasteiger partial charge in [-0.3, -0.25) is 0 Å². The smallest absolute Gasteiger partial charge is 0.198 e. The Morgan fingerprint density at radius 1 is 0.652 bits per heavy atom. The Morgan fingerprint density at radius 2 is 1.13 bits per heavy atom. The van der Waals surface area contributed by atoms with Crippen LogP contribution < -0.4 is 5.14 Å². The fourth-order valence-corrected chi connectivity index (χ4v) is 2.32. The van der Waals surface area contributed by atoms with Crippen LogP contribution in [-0.4, -0.2) is 8.42 Å². The van der Waals surface area contributed by atoms with Gasteiger partial charge in [0.25, 0.3) is 0 Å². The molecule has 0 fully saturated rings. The zero-order valence-electron chi connectivity index (χ0n) is 12.6. The number of hydrogen-bond acceptors (Lipinski definition) is 2. The van der Waals surface area contributed by atoms with Crippen molar-refractivity contribution >= 4 is 10.9 Å². The Labute approximate surface area is 138 Å². The Bertz CT molecular complexity index is 792. The van der Waals surface area contributed by atoms with Crippen LogP contribution in [0, 0.1) is 0 Å². The third kappa shape index (κ3) is 6.06. The molecule has 0 unspecified atom stereocenters. The van der Waals surface area contributed by atoms with Gasteiger partial charge in [0.2, 0.25) is 0 Å². The summed E-state index contributed by atoms with van der Waals surface area (Å²) in [4.78, 5) is 0. The van der Waals surface area contributed by atoms with Crippen molar-refractivity contribution in [3.05, 3.63) is 96.1 Å². The molecule has 0 radical (unpaired) electrons. The Hall–Kier alpha value is -2.43. The topological polar surface area (TPSA) is 60.2 Å². The van der Waals surface area contributed by atoms with Crippen LogP contribution >= 0.6 is 0 Å². The maximum Gasteiger partial charge on any atom is 0.198 e. The van der Waals surface area contributed by atoms with Gasteiger partial charge in [0.05, 0.1) is 0 Å². The summed E-state index contributed by atoms with van der Waals surface area (Å²) in [6, 6.07) is 29.9. The average molecular weight is 325 g/mol. The molecule has 0 amide bonds. The van der Waals surface area contributed by atoms with Crippen molar-refractivity contribution in [2.75, 3.05) is 0 Å². The van der Waals surface area contributed by atoms with E-state index < -0.39 is 10.9 Å². The molecule has 0 aliphatic heterocycles. The lowest BCUT2D eigenvalue weighted by molar-refractivity contribution is 0.616. The molecule has 4 heteroatoms. The minimum Gasteiger partial charge on any atom is -0.231 e. The summed E-state index contributed by atoms with van der Waals surface area (Å²) in [5, 5.41) is 4.06. The summed E-state index contributed by atoms with van der Waals surface area (Å²) in [7, 11) is -2.62. The maximum absolute atomic E-state index is 8.81. The molecule has 0 aliphatic carbocycles. The van der Waals surface area contributed by atoms with Gasteiger partial charge in [0.15, 0.2) is 10.9 Å². The average Bonchev–Trinajstić information content (AvgIpc) is 2.56. The van der Waals surface area contributed by atoms with Crippen molar-refractivity contribution in [1.29, 1.82) is 0 Å². The Balaban J connectivity index is 0.000000433. The molecule has 3 nitrogen and oxygen atoms in total. The molecule has 0 heterocycles. The van der Waals surface area contributed by atoms with Gasteiger partial charge >= 0.3 is 0 Å². The number of nitrogens with two attached hydrogens (primary N) is 1. The first-order valence-electron chi connectivity index (χ1n) is 7.22. The first-order valence-corrected chi connectivity index (χ1v) is 8.47. The largest absolute Gasteiger partial charge is 0.231 e. The molecule has 0 saturated heterocycles. The molecule has 0 saturated carbocycles. The predicted octanol–water partition coefficient (Wildman–Crippen LogP) is 3.42. The van der Waals surface area contributed by atoms with E-state index >= 15 is 0 Å². The zero-order chi connectivity index (χ0) is 16.5. The predicted molar refractivity (Wildman–Crippen MR) is 95.6 cm³/mol. The van der Waals surface area contributed by atoms with Gasteiger partial charge in [-0.05, 0) is 28.7 Å². The van der Waals surface area contributed by atoms with Crippen LogP contribution in [0.5, 0.6) is 0 Å². The first kappa shape index (κ1) is 16.9. The van der Waals surface area contributed by atoms with Crippen LogP contribution in [0.2, 0.25) is 0 Å². The Kier molecular flexibility index (Phi) is 6.54. The summed E-state index contributed by atoms with van der Waals surface area (Å²) in [6.07, 6.45) is 0.988. The van der Waals surface area contributed by atoms with Crippen LogP contribution in [-0.2, 0) is 17.3 Å². The normalized spacial score (nSPS) is 10.0. The van der Waals surface area contributed by atoms with Crippen LogP contribution in [0.4, 0.5) is 0 Å². The molecule has 3 aromatic rings. The molecule has 0 spiro atoms. The van der Waals surface area contributed by atoms with Gasteiger partial charge in [0.1, 0.15) is 0 Å². The lowest BCUT2D eigenvalue weighted by Gasteiger charge is -2.06. The minimum atomic E-state index is -2.62. The lowest BCUT2D eigenvalue weighted by Crippen LogP contribution is -1.88. The molecule has 0 atom stereocenters. The number of rotatable bonds is 3. The van der Waals surface area contributed by atoms with E-state index in [2.05, 4.69) is 90.1 Å². The number of hydrogen-bond donors (Lipinski definition) is 2. The molecule has 0 bridgehead atoms. The highest BCUT2D eigenvalue weighted by molar-refractivity contribution is 7.69. The van der Waals surface area contributed by atoms with Crippen LogP contribution in [0.1, 0.15) is 11.1 Å². The summed E-state index contributed by atoms with van der Waals surface area (Å²) in [5.41, 5.74) is 5.27. The van der Waals surface area contributed by atoms with Gasteiger partial charge < -0.3 is 0 Å². The van der Waals surface area contributed by atoms with Crippen molar-refractivity contribution in [2.24, 2.45) is 5.14 Å². The van der Waals surface area contributed by atoms with Crippen LogP contribution in [0.25, 0.3) is 11.1 Å². The van der Waals surface area contributed by atoms with Crippen LogP contribution in [0.15, 0.2) is 84.9 Å². The standard InChI is InChI=1S/C19H16.H3NO2S/c1-3-8-16(9-4-1)14-17-10-7-13-19(15-17)18-11-5-2-6-12-18;1-4(2)3/h1-13,15H,14H2;4H,(H2,1,2,3). The zero-order valence-corrected chi connectivity index (χ0v) is 13.5.